The number of nitrogens with zero attached hydrogens (tertiary/aromatic N) is 2. The second kappa shape index (κ2) is 5.57. The quantitative estimate of drug-likeness (QED) is 0.778. The highest BCUT2D eigenvalue weighted by Crippen LogP contribution is 2.17. The molecular formula is C17H16N4O2. The third-order valence-corrected chi connectivity index (χ3v) is 3.66. The number of nitrogens with one attached hydrogen (secondary N) is 1. The van der Waals surface area contributed by atoms with Gasteiger partial charge < -0.3 is 11.1 Å². The summed E-state index contributed by atoms with van der Waals surface area (Å²) in [6.07, 6.45) is 1.81. The van der Waals surface area contributed by atoms with Crippen molar-refractivity contribution in [2.75, 3.05) is 5.32 Å². The summed E-state index contributed by atoms with van der Waals surface area (Å²) in [7, 11) is 0. The number of nitrogens with two attached hydrogens (primary N) is 1. The van der Waals surface area contributed by atoms with E-state index in [4.69, 9.17) is 5.73 Å². The van der Waals surface area contributed by atoms with Gasteiger partial charge in [-0.05, 0) is 49.7 Å². The van der Waals surface area contributed by atoms with E-state index in [1.165, 1.54) is 0 Å². The Kier molecular flexibility index (Phi) is 3.57. The third kappa shape index (κ3) is 2.66. The molecule has 6 nitrogen and oxygen atoms in total. The summed E-state index contributed by atoms with van der Waals surface area (Å²) in [4.78, 5) is 28.1. The molecule has 3 rings (SSSR count). The highest BCUT2D eigenvalue weighted by Gasteiger charge is 2.17. The number of fused-ring (bicyclic) bond motifs is 1. The van der Waals surface area contributed by atoms with Crippen molar-refractivity contribution in [1.29, 1.82) is 0 Å². The molecule has 0 fully saturated rings. The van der Waals surface area contributed by atoms with Crippen LogP contribution in [0, 0.1) is 13.8 Å². The summed E-state index contributed by atoms with van der Waals surface area (Å²) >= 11 is 0. The van der Waals surface area contributed by atoms with Gasteiger partial charge in [0, 0.05) is 17.4 Å². The number of imidazole rings is 1. The SMILES string of the molecule is Cc1nc2c(C)cccn2c1C(=O)Nc1ccc(C(N)=O)cc1. The molecule has 0 bridgehead atoms. The van der Waals surface area contributed by atoms with Gasteiger partial charge in [-0.15, -0.1) is 0 Å². The summed E-state index contributed by atoms with van der Waals surface area (Å²) in [6.45, 7) is 3.75. The van der Waals surface area contributed by atoms with Gasteiger partial charge in [-0.2, -0.15) is 0 Å². The van der Waals surface area contributed by atoms with E-state index < -0.39 is 5.91 Å². The van der Waals surface area contributed by atoms with Crippen molar-refractivity contribution in [3.05, 3.63) is 65.1 Å². The Morgan fingerprint density at radius 1 is 1.13 bits per heavy atom. The van der Waals surface area contributed by atoms with Crippen LogP contribution in [0.5, 0.6) is 0 Å². The minimum Gasteiger partial charge on any atom is -0.366 e. The molecule has 6 heteroatoms. The number of amides is 2. The van der Waals surface area contributed by atoms with Gasteiger partial charge in [0.05, 0.1) is 5.69 Å². The predicted molar refractivity (Wildman–Crippen MR) is 87.6 cm³/mol. The molecule has 0 radical (unpaired) electrons. The summed E-state index contributed by atoms with van der Waals surface area (Å²) in [6, 6.07) is 10.3. The Morgan fingerprint density at radius 3 is 2.48 bits per heavy atom. The fourth-order valence-electron chi connectivity index (χ4n) is 2.50. The summed E-state index contributed by atoms with van der Waals surface area (Å²) in [5, 5.41) is 2.81. The zero-order valence-corrected chi connectivity index (χ0v) is 12.8. The summed E-state index contributed by atoms with van der Waals surface area (Å²) < 4.78 is 1.78. The molecule has 0 unspecified atom stereocenters. The number of pyridine rings is 1. The molecule has 0 atom stereocenters. The van der Waals surface area contributed by atoms with E-state index in [0.29, 0.717) is 22.6 Å². The van der Waals surface area contributed by atoms with Crippen molar-refractivity contribution in [1.82, 2.24) is 9.38 Å². The second-order valence-corrected chi connectivity index (χ2v) is 5.33. The molecule has 23 heavy (non-hydrogen) atoms. The molecular weight excluding hydrogens is 292 g/mol. The highest BCUT2D eigenvalue weighted by molar-refractivity contribution is 6.04. The lowest BCUT2D eigenvalue weighted by molar-refractivity contribution is 0.0997. The minimum atomic E-state index is -0.504. The van der Waals surface area contributed by atoms with Gasteiger partial charge in [-0.3, -0.25) is 14.0 Å². The Morgan fingerprint density at radius 2 is 1.83 bits per heavy atom. The Bertz CT molecular complexity index is 910. The van der Waals surface area contributed by atoms with Crippen molar-refractivity contribution in [2.24, 2.45) is 5.73 Å². The van der Waals surface area contributed by atoms with Gasteiger partial charge in [-0.1, -0.05) is 6.07 Å². The lowest BCUT2D eigenvalue weighted by Crippen LogP contribution is -2.16. The molecule has 0 aliphatic rings. The molecule has 0 aliphatic heterocycles. The molecule has 3 N–H and O–H groups in total. The molecule has 1 aromatic carbocycles. The van der Waals surface area contributed by atoms with Crippen LogP contribution in [0.3, 0.4) is 0 Å². The van der Waals surface area contributed by atoms with Crippen LogP contribution in [0.4, 0.5) is 5.69 Å². The van der Waals surface area contributed by atoms with Crippen LogP contribution >= 0.6 is 0 Å². The number of benzene rings is 1. The first-order chi connectivity index (χ1) is 11.0. The van der Waals surface area contributed by atoms with Crippen LogP contribution in [0.1, 0.15) is 32.1 Å². The lowest BCUT2D eigenvalue weighted by atomic mass is 10.2. The molecule has 2 amide bonds. The minimum absolute atomic E-state index is 0.257. The smallest absolute Gasteiger partial charge is 0.274 e. The molecule has 0 spiro atoms. The van der Waals surface area contributed by atoms with E-state index in [9.17, 15) is 9.59 Å². The molecule has 0 saturated carbocycles. The number of aromatic nitrogens is 2. The molecule has 0 saturated heterocycles. The number of aryl methyl sites for hydroxylation is 2. The van der Waals surface area contributed by atoms with E-state index in [1.54, 1.807) is 35.6 Å². The van der Waals surface area contributed by atoms with E-state index in [2.05, 4.69) is 10.3 Å². The molecule has 2 heterocycles. The molecule has 116 valence electrons. The molecule has 3 aromatic rings. The van der Waals surface area contributed by atoms with Crippen molar-refractivity contribution in [2.45, 2.75) is 13.8 Å². The van der Waals surface area contributed by atoms with Crippen LogP contribution < -0.4 is 11.1 Å². The number of carbonyl (C=O) groups is 2. The van der Waals surface area contributed by atoms with Crippen LogP contribution in [0.2, 0.25) is 0 Å². The molecule has 0 aliphatic carbocycles. The zero-order chi connectivity index (χ0) is 16.6. The van der Waals surface area contributed by atoms with Crippen LogP contribution in [-0.2, 0) is 0 Å². The number of rotatable bonds is 3. The normalized spacial score (nSPS) is 10.7. The average Bonchev–Trinajstić information content (AvgIpc) is 2.85. The zero-order valence-electron chi connectivity index (χ0n) is 12.8. The predicted octanol–water partition coefficient (Wildman–Crippen LogP) is 2.30. The Labute approximate surface area is 132 Å². The maximum absolute atomic E-state index is 12.6. The van der Waals surface area contributed by atoms with Gasteiger partial charge in [0.15, 0.2) is 0 Å². The number of hydrogen-bond donors (Lipinski definition) is 2. The van der Waals surface area contributed by atoms with E-state index in [-0.39, 0.29) is 5.91 Å². The number of hydrogen-bond acceptors (Lipinski definition) is 3. The van der Waals surface area contributed by atoms with Crippen molar-refractivity contribution >= 4 is 23.1 Å². The first-order valence-corrected chi connectivity index (χ1v) is 7.13. The lowest BCUT2D eigenvalue weighted by Gasteiger charge is -2.07. The van der Waals surface area contributed by atoms with Crippen LogP contribution in [0.25, 0.3) is 5.65 Å². The number of primary amides is 1. The standard InChI is InChI=1S/C17H16N4O2/c1-10-4-3-9-21-14(11(2)19-16(10)21)17(23)20-13-7-5-12(6-8-13)15(18)22/h3-9H,1-2H3,(H2,18,22)(H,20,23). The van der Waals surface area contributed by atoms with Gasteiger partial charge >= 0.3 is 0 Å². The van der Waals surface area contributed by atoms with E-state index in [0.717, 1.165) is 11.2 Å². The van der Waals surface area contributed by atoms with Crippen molar-refractivity contribution in [3.8, 4) is 0 Å². The first-order valence-electron chi connectivity index (χ1n) is 7.13. The number of anilines is 1. The van der Waals surface area contributed by atoms with Gasteiger partial charge in [-0.25, -0.2) is 4.98 Å². The van der Waals surface area contributed by atoms with E-state index >= 15 is 0 Å². The molecule has 2 aromatic heterocycles. The second-order valence-electron chi connectivity index (χ2n) is 5.33. The Balaban J connectivity index is 1.93. The van der Waals surface area contributed by atoms with Crippen molar-refractivity contribution < 1.29 is 9.59 Å². The topological polar surface area (TPSA) is 89.5 Å². The maximum Gasteiger partial charge on any atom is 0.274 e. The number of carbonyl (C=O) groups excluding carboxylic acids is 2. The van der Waals surface area contributed by atoms with E-state index in [1.807, 2.05) is 25.3 Å². The highest BCUT2D eigenvalue weighted by atomic mass is 16.2. The first kappa shape index (κ1) is 14.8. The van der Waals surface area contributed by atoms with Crippen molar-refractivity contribution in [3.63, 3.8) is 0 Å². The fourth-order valence-corrected chi connectivity index (χ4v) is 2.50. The van der Waals surface area contributed by atoms with Crippen LogP contribution in [0.15, 0.2) is 42.6 Å². The monoisotopic (exact) mass is 308 g/mol. The third-order valence-electron chi connectivity index (χ3n) is 3.66. The Hall–Kier alpha value is -3.15. The maximum atomic E-state index is 12.6. The van der Waals surface area contributed by atoms with Gasteiger partial charge in [0.25, 0.3) is 5.91 Å². The van der Waals surface area contributed by atoms with Gasteiger partial charge in [0.2, 0.25) is 5.91 Å². The summed E-state index contributed by atoms with van der Waals surface area (Å²) in [5.74, 6) is -0.761. The van der Waals surface area contributed by atoms with Gasteiger partial charge in [0.1, 0.15) is 11.3 Å². The largest absolute Gasteiger partial charge is 0.366 e. The average molecular weight is 308 g/mol. The summed E-state index contributed by atoms with van der Waals surface area (Å²) in [5.41, 5.74) is 9.09. The fraction of sp³-hybridized carbons (Fsp3) is 0.118. The van der Waals surface area contributed by atoms with Crippen LogP contribution in [-0.4, -0.2) is 21.2 Å².